The third-order valence-corrected chi connectivity index (χ3v) is 3.08. The molecule has 0 unspecified atom stereocenters. The zero-order valence-corrected chi connectivity index (χ0v) is 8.56. The van der Waals surface area contributed by atoms with Crippen molar-refractivity contribution in [3.63, 3.8) is 0 Å². The number of methoxy groups -OCH3 is 2. The molecule has 0 radical (unpaired) electrons. The van der Waals surface area contributed by atoms with Crippen molar-refractivity contribution >= 4 is 0 Å². The lowest BCUT2D eigenvalue weighted by Gasteiger charge is -2.44. The fourth-order valence-corrected chi connectivity index (χ4v) is 1.80. The lowest BCUT2D eigenvalue weighted by atomic mass is 9.79. The predicted molar refractivity (Wildman–Crippen MR) is 48.6 cm³/mol. The minimum Gasteiger partial charge on any atom is -0.393 e. The van der Waals surface area contributed by atoms with Crippen LogP contribution in [0.5, 0.6) is 0 Å². The van der Waals surface area contributed by atoms with Crippen molar-refractivity contribution in [2.75, 3.05) is 20.8 Å². The zero-order valence-electron chi connectivity index (χ0n) is 8.56. The fraction of sp³-hybridized carbons (Fsp3) is 1.00. The lowest BCUT2D eigenvalue weighted by Crippen LogP contribution is -2.56. The number of aliphatic hydroxyl groups excluding tert-OH is 2. The highest BCUT2D eigenvalue weighted by Gasteiger charge is 2.48. The molecule has 0 aliphatic heterocycles. The quantitative estimate of drug-likeness (QED) is 0.529. The summed E-state index contributed by atoms with van der Waals surface area (Å²) in [7, 11) is 3.00. The Kier molecular flexibility index (Phi) is 3.49. The smallest absolute Gasteiger partial charge is 0.170 e. The van der Waals surface area contributed by atoms with Crippen molar-refractivity contribution in [1.82, 2.24) is 0 Å². The maximum absolute atomic E-state index is 9.76. The normalized spacial score (nSPS) is 37.1. The molecule has 1 fully saturated rings. The van der Waals surface area contributed by atoms with E-state index in [-0.39, 0.29) is 12.8 Å². The number of rotatable bonds is 3. The Hall–Kier alpha value is -0.200. The standard InChI is InChI=1S/C9H18O5/c1-13-9(14-2)4-3-8(12,6-10)7(11)5-9/h7,10-12H,3-6H2,1-2H3/t7-,8-/m0/s1. The van der Waals surface area contributed by atoms with Crippen LogP contribution in [0.3, 0.4) is 0 Å². The minimum atomic E-state index is -1.42. The van der Waals surface area contributed by atoms with Gasteiger partial charge in [0.1, 0.15) is 5.60 Å². The maximum Gasteiger partial charge on any atom is 0.170 e. The van der Waals surface area contributed by atoms with Gasteiger partial charge in [0.15, 0.2) is 5.79 Å². The summed E-state index contributed by atoms with van der Waals surface area (Å²) in [6.07, 6.45) is -0.154. The Bertz CT molecular complexity index is 192. The first-order chi connectivity index (χ1) is 6.52. The van der Waals surface area contributed by atoms with Gasteiger partial charge in [-0.05, 0) is 6.42 Å². The summed E-state index contributed by atoms with van der Waals surface area (Å²) < 4.78 is 10.3. The van der Waals surface area contributed by atoms with Gasteiger partial charge in [-0.2, -0.15) is 0 Å². The van der Waals surface area contributed by atoms with E-state index < -0.39 is 24.1 Å². The van der Waals surface area contributed by atoms with Crippen LogP contribution in [0.25, 0.3) is 0 Å². The van der Waals surface area contributed by atoms with Crippen molar-refractivity contribution in [2.45, 2.75) is 36.8 Å². The molecular weight excluding hydrogens is 188 g/mol. The van der Waals surface area contributed by atoms with Crippen LogP contribution < -0.4 is 0 Å². The molecule has 0 aromatic carbocycles. The summed E-state index contributed by atoms with van der Waals surface area (Å²) in [5.74, 6) is -0.833. The van der Waals surface area contributed by atoms with Crippen LogP contribution in [0.2, 0.25) is 0 Å². The van der Waals surface area contributed by atoms with E-state index in [1.807, 2.05) is 0 Å². The van der Waals surface area contributed by atoms with Crippen LogP contribution in [-0.4, -0.2) is 53.6 Å². The SMILES string of the molecule is COC1(OC)CC[C@](O)(CO)[C@@H](O)C1. The number of aliphatic hydroxyl groups is 3. The summed E-state index contributed by atoms with van der Waals surface area (Å²) in [5, 5.41) is 28.4. The van der Waals surface area contributed by atoms with Gasteiger partial charge in [0, 0.05) is 27.1 Å². The number of hydrogen-bond acceptors (Lipinski definition) is 5. The molecular formula is C9H18O5. The van der Waals surface area contributed by atoms with Gasteiger partial charge in [0.2, 0.25) is 0 Å². The molecule has 5 nitrogen and oxygen atoms in total. The minimum absolute atomic E-state index is 0.164. The molecule has 84 valence electrons. The molecule has 1 saturated carbocycles. The molecule has 0 amide bonds. The third kappa shape index (κ3) is 1.92. The van der Waals surface area contributed by atoms with E-state index in [1.54, 1.807) is 0 Å². The van der Waals surface area contributed by atoms with E-state index in [4.69, 9.17) is 14.6 Å². The summed E-state index contributed by atoms with van der Waals surface area (Å²) in [5.41, 5.74) is -1.42. The Balaban J connectivity index is 2.71. The molecule has 0 bridgehead atoms. The van der Waals surface area contributed by atoms with Crippen LogP contribution in [0.1, 0.15) is 19.3 Å². The molecule has 0 aromatic rings. The molecule has 1 rings (SSSR count). The van der Waals surface area contributed by atoms with E-state index in [1.165, 1.54) is 14.2 Å². The lowest BCUT2D eigenvalue weighted by molar-refractivity contribution is -0.271. The van der Waals surface area contributed by atoms with Crippen LogP contribution in [0.4, 0.5) is 0 Å². The number of hydrogen-bond donors (Lipinski definition) is 3. The second kappa shape index (κ2) is 4.12. The van der Waals surface area contributed by atoms with Crippen LogP contribution in [-0.2, 0) is 9.47 Å². The average Bonchev–Trinajstić information content (AvgIpc) is 2.22. The molecule has 0 heterocycles. The maximum atomic E-state index is 9.76. The number of ether oxygens (including phenoxy) is 2. The van der Waals surface area contributed by atoms with Crippen molar-refractivity contribution in [3.05, 3.63) is 0 Å². The van der Waals surface area contributed by atoms with E-state index in [2.05, 4.69) is 0 Å². The van der Waals surface area contributed by atoms with E-state index in [9.17, 15) is 10.2 Å². The van der Waals surface area contributed by atoms with Gasteiger partial charge < -0.3 is 24.8 Å². The van der Waals surface area contributed by atoms with Gasteiger partial charge in [-0.3, -0.25) is 0 Å². The van der Waals surface area contributed by atoms with E-state index >= 15 is 0 Å². The molecule has 2 atom stereocenters. The monoisotopic (exact) mass is 206 g/mol. The molecule has 14 heavy (non-hydrogen) atoms. The molecule has 3 N–H and O–H groups in total. The second-order valence-electron chi connectivity index (χ2n) is 3.80. The highest BCUT2D eigenvalue weighted by Crippen LogP contribution is 2.37. The van der Waals surface area contributed by atoms with Gasteiger partial charge in [-0.1, -0.05) is 0 Å². The zero-order chi connectivity index (χ0) is 10.8. The Morgan fingerprint density at radius 1 is 1.29 bits per heavy atom. The van der Waals surface area contributed by atoms with E-state index in [0.717, 1.165) is 0 Å². The molecule has 0 saturated heterocycles. The molecule has 1 aliphatic rings. The first-order valence-corrected chi connectivity index (χ1v) is 4.63. The van der Waals surface area contributed by atoms with Crippen molar-refractivity contribution in [3.8, 4) is 0 Å². The first kappa shape index (κ1) is 11.9. The largest absolute Gasteiger partial charge is 0.393 e. The fourth-order valence-electron chi connectivity index (χ4n) is 1.80. The molecule has 1 aliphatic carbocycles. The van der Waals surface area contributed by atoms with Gasteiger partial charge in [0.25, 0.3) is 0 Å². The molecule has 0 aromatic heterocycles. The first-order valence-electron chi connectivity index (χ1n) is 4.63. The summed E-state index contributed by atoms with van der Waals surface area (Å²) in [6, 6.07) is 0. The summed E-state index contributed by atoms with van der Waals surface area (Å²) in [4.78, 5) is 0. The van der Waals surface area contributed by atoms with Gasteiger partial charge in [-0.25, -0.2) is 0 Å². The second-order valence-corrected chi connectivity index (χ2v) is 3.80. The van der Waals surface area contributed by atoms with Gasteiger partial charge >= 0.3 is 0 Å². The Morgan fingerprint density at radius 3 is 2.21 bits per heavy atom. The summed E-state index contributed by atoms with van der Waals surface area (Å²) >= 11 is 0. The van der Waals surface area contributed by atoms with Crippen LogP contribution >= 0.6 is 0 Å². The van der Waals surface area contributed by atoms with Crippen LogP contribution in [0, 0.1) is 0 Å². The third-order valence-electron chi connectivity index (χ3n) is 3.08. The molecule has 0 spiro atoms. The Labute approximate surface area is 83.3 Å². The summed E-state index contributed by atoms with van der Waals surface area (Å²) in [6.45, 7) is -0.447. The Morgan fingerprint density at radius 2 is 1.86 bits per heavy atom. The topological polar surface area (TPSA) is 79.2 Å². The van der Waals surface area contributed by atoms with Crippen molar-refractivity contribution in [2.24, 2.45) is 0 Å². The van der Waals surface area contributed by atoms with Gasteiger partial charge in [0.05, 0.1) is 12.7 Å². The average molecular weight is 206 g/mol. The van der Waals surface area contributed by atoms with Gasteiger partial charge in [-0.15, -0.1) is 0 Å². The highest BCUT2D eigenvalue weighted by atomic mass is 16.7. The van der Waals surface area contributed by atoms with Crippen LogP contribution in [0.15, 0.2) is 0 Å². The van der Waals surface area contributed by atoms with Crippen molar-refractivity contribution < 1.29 is 24.8 Å². The highest BCUT2D eigenvalue weighted by molar-refractivity contribution is 4.96. The van der Waals surface area contributed by atoms with E-state index in [0.29, 0.717) is 6.42 Å². The predicted octanol–water partition coefficient (Wildman–Crippen LogP) is -0.756. The van der Waals surface area contributed by atoms with Crippen molar-refractivity contribution in [1.29, 1.82) is 0 Å². The molecule has 5 heteroatoms.